The van der Waals surface area contributed by atoms with Crippen LogP contribution in [0.2, 0.25) is 0 Å². The van der Waals surface area contributed by atoms with Crippen molar-refractivity contribution in [3.05, 3.63) is 59.2 Å². The molecule has 2 saturated heterocycles. The van der Waals surface area contributed by atoms with Crippen LogP contribution in [0, 0.1) is 0 Å². The molecule has 3 amide bonds. The molecule has 10 heteroatoms. The largest absolute Gasteiger partial charge is 0.494 e. The minimum absolute atomic E-state index is 0.167. The van der Waals surface area contributed by atoms with E-state index in [0.717, 1.165) is 88.7 Å². The summed E-state index contributed by atoms with van der Waals surface area (Å²) in [6.45, 7) is 7.88. The molecular weight excluding hydrogens is 536 g/mol. The van der Waals surface area contributed by atoms with Gasteiger partial charge in [0, 0.05) is 50.3 Å². The van der Waals surface area contributed by atoms with Crippen molar-refractivity contribution in [2.24, 2.45) is 0 Å². The van der Waals surface area contributed by atoms with Crippen molar-refractivity contribution in [3.8, 4) is 11.5 Å². The van der Waals surface area contributed by atoms with E-state index in [9.17, 15) is 14.4 Å². The number of rotatable bonds is 15. The van der Waals surface area contributed by atoms with Gasteiger partial charge < -0.3 is 24.4 Å². The smallest absolute Gasteiger partial charge is 0.255 e. The average molecular weight is 579 g/mol. The molecule has 226 valence electrons. The van der Waals surface area contributed by atoms with Crippen LogP contribution in [0.5, 0.6) is 11.5 Å². The Morgan fingerprint density at radius 1 is 0.952 bits per heavy atom. The zero-order chi connectivity index (χ0) is 29.1. The number of nitrogens with zero attached hydrogens (tertiary/aromatic N) is 2. The van der Waals surface area contributed by atoms with Crippen LogP contribution < -0.4 is 20.1 Å². The van der Waals surface area contributed by atoms with Crippen molar-refractivity contribution in [3.63, 3.8) is 0 Å². The summed E-state index contributed by atoms with van der Waals surface area (Å²) in [4.78, 5) is 40.5. The predicted molar refractivity (Wildman–Crippen MR) is 157 cm³/mol. The van der Waals surface area contributed by atoms with Crippen molar-refractivity contribution in [1.82, 2.24) is 20.4 Å². The van der Waals surface area contributed by atoms with Crippen LogP contribution in [-0.4, -0.2) is 86.2 Å². The Hall–Kier alpha value is -3.47. The first kappa shape index (κ1) is 30.0. The first-order valence-electron chi connectivity index (χ1n) is 15.2. The fraction of sp³-hybridized carbons (Fsp3) is 0.531. The maximum atomic E-state index is 12.8. The molecular formula is C32H42N4O6. The summed E-state index contributed by atoms with van der Waals surface area (Å²) >= 11 is 0. The van der Waals surface area contributed by atoms with Gasteiger partial charge in [0.15, 0.2) is 0 Å². The van der Waals surface area contributed by atoms with Gasteiger partial charge in [-0.05, 0) is 55.6 Å². The fourth-order valence-corrected chi connectivity index (χ4v) is 5.66. The third kappa shape index (κ3) is 8.08. The van der Waals surface area contributed by atoms with E-state index in [4.69, 9.17) is 14.2 Å². The number of nitrogens with one attached hydrogen (secondary N) is 2. The second kappa shape index (κ2) is 15.1. The third-order valence-corrected chi connectivity index (χ3v) is 8.07. The monoisotopic (exact) mass is 578 g/mol. The van der Waals surface area contributed by atoms with E-state index in [1.54, 1.807) is 11.0 Å². The number of hydrogen-bond acceptors (Lipinski definition) is 8. The van der Waals surface area contributed by atoms with E-state index in [-0.39, 0.29) is 18.2 Å². The van der Waals surface area contributed by atoms with Crippen molar-refractivity contribution in [2.75, 3.05) is 52.6 Å². The van der Waals surface area contributed by atoms with Crippen LogP contribution >= 0.6 is 0 Å². The Kier molecular flexibility index (Phi) is 10.8. The van der Waals surface area contributed by atoms with Crippen LogP contribution in [0.25, 0.3) is 0 Å². The number of piperidine rings is 1. The Morgan fingerprint density at radius 2 is 1.79 bits per heavy atom. The number of morpholine rings is 1. The maximum absolute atomic E-state index is 12.8. The lowest BCUT2D eigenvalue weighted by Crippen LogP contribution is -2.52. The molecule has 0 aromatic heterocycles. The average Bonchev–Trinajstić information content (AvgIpc) is 3.32. The molecule has 0 bridgehead atoms. The molecule has 10 nitrogen and oxygen atoms in total. The van der Waals surface area contributed by atoms with Crippen molar-refractivity contribution in [2.45, 2.75) is 57.7 Å². The number of carbonyl (C=O) groups is 3. The first-order chi connectivity index (χ1) is 20.6. The topological polar surface area (TPSA) is 109 Å². The van der Waals surface area contributed by atoms with Gasteiger partial charge in [0.25, 0.3) is 5.91 Å². The number of carbonyl (C=O) groups excluding carboxylic acids is 3. The molecule has 2 aromatic rings. The number of unbranched alkanes of at least 4 members (excludes halogenated alkanes) is 3. The minimum atomic E-state index is -0.602. The summed E-state index contributed by atoms with van der Waals surface area (Å²) in [5.74, 6) is 0.844. The molecule has 0 saturated carbocycles. The zero-order valence-corrected chi connectivity index (χ0v) is 24.3. The number of imide groups is 1. The van der Waals surface area contributed by atoms with E-state index in [0.29, 0.717) is 31.7 Å². The predicted octanol–water partition coefficient (Wildman–Crippen LogP) is 2.89. The molecule has 1 unspecified atom stereocenters. The van der Waals surface area contributed by atoms with Crippen molar-refractivity contribution >= 4 is 17.7 Å². The van der Waals surface area contributed by atoms with Gasteiger partial charge in [-0.25, -0.2) is 0 Å². The highest BCUT2D eigenvalue weighted by Gasteiger charge is 2.39. The molecule has 1 atom stereocenters. The minimum Gasteiger partial charge on any atom is -0.494 e. The van der Waals surface area contributed by atoms with Crippen LogP contribution in [-0.2, 0) is 27.4 Å². The molecule has 3 aliphatic heterocycles. The number of benzene rings is 2. The quantitative estimate of drug-likeness (QED) is 0.245. The standard InChI is InChI=1S/C32H42N4O6/c37-30-12-11-28(31(38)34-30)36-23-25-21-26(9-10-27(25)32(36)39)41-17-6-2-1-5-13-33-22-24-7-3-4-8-29(24)42-20-16-35-14-18-40-19-15-35/h3-4,7-10,21,28,33H,1-2,5-6,11-20,22-23H2,(H,34,37,38). The number of fused-ring (bicyclic) bond motifs is 1. The summed E-state index contributed by atoms with van der Waals surface area (Å²) < 4.78 is 17.5. The van der Waals surface area contributed by atoms with E-state index in [1.807, 2.05) is 24.3 Å². The van der Waals surface area contributed by atoms with E-state index in [1.165, 1.54) is 5.56 Å². The Balaban J connectivity index is 0.940. The lowest BCUT2D eigenvalue weighted by molar-refractivity contribution is -0.136. The van der Waals surface area contributed by atoms with Gasteiger partial charge in [-0.1, -0.05) is 31.0 Å². The fourth-order valence-electron chi connectivity index (χ4n) is 5.66. The SMILES string of the molecule is O=C1CCC(N2Cc3cc(OCCCCCCNCc4ccccc4OCCN4CCOCC4)ccc3C2=O)C(=O)N1. The molecule has 2 fully saturated rings. The molecule has 3 heterocycles. The van der Waals surface area contributed by atoms with Gasteiger partial charge in [0.1, 0.15) is 24.1 Å². The molecule has 2 N–H and O–H groups in total. The number of ether oxygens (including phenoxy) is 3. The van der Waals surface area contributed by atoms with Crippen LogP contribution in [0.3, 0.4) is 0 Å². The molecule has 2 aromatic carbocycles. The van der Waals surface area contributed by atoms with Crippen LogP contribution in [0.1, 0.15) is 60.0 Å². The molecule has 42 heavy (non-hydrogen) atoms. The number of hydrogen-bond donors (Lipinski definition) is 2. The molecule has 0 aliphatic carbocycles. The maximum Gasteiger partial charge on any atom is 0.255 e. The van der Waals surface area contributed by atoms with E-state index in [2.05, 4.69) is 27.7 Å². The summed E-state index contributed by atoms with van der Waals surface area (Å²) in [5.41, 5.74) is 2.64. The molecule has 0 radical (unpaired) electrons. The molecule has 3 aliphatic rings. The summed E-state index contributed by atoms with van der Waals surface area (Å²) in [5, 5.41) is 5.88. The van der Waals surface area contributed by atoms with Crippen molar-refractivity contribution < 1.29 is 28.6 Å². The third-order valence-electron chi connectivity index (χ3n) is 8.07. The highest BCUT2D eigenvalue weighted by Crippen LogP contribution is 2.30. The van der Waals surface area contributed by atoms with Gasteiger partial charge in [-0.3, -0.25) is 24.6 Å². The Morgan fingerprint density at radius 3 is 2.64 bits per heavy atom. The van der Waals surface area contributed by atoms with Gasteiger partial charge in [-0.15, -0.1) is 0 Å². The van der Waals surface area contributed by atoms with Gasteiger partial charge >= 0.3 is 0 Å². The van der Waals surface area contributed by atoms with Crippen molar-refractivity contribution in [1.29, 1.82) is 0 Å². The highest BCUT2D eigenvalue weighted by molar-refractivity contribution is 6.05. The van der Waals surface area contributed by atoms with Crippen LogP contribution in [0.15, 0.2) is 42.5 Å². The van der Waals surface area contributed by atoms with Gasteiger partial charge in [-0.2, -0.15) is 0 Å². The second-order valence-electron chi connectivity index (χ2n) is 11.1. The number of amides is 3. The summed E-state index contributed by atoms with van der Waals surface area (Å²) in [7, 11) is 0. The normalized spacial score (nSPS) is 19.1. The summed E-state index contributed by atoms with van der Waals surface area (Å²) in [6, 6.07) is 13.1. The van der Waals surface area contributed by atoms with E-state index >= 15 is 0 Å². The molecule has 5 rings (SSSR count). The highest BCUT2D eigenvalue weighted by atomic mass is 16.5. The molecule has 0 spiro atoms. The zero-order valence-electron chi connectivity index (χ0n) is 24.3. The Bertz CT molecular complexity index is 1230. The van der Waals surface area contributed by atoms with Gasteiger partial charge in [0.2, 0.25) is 11.8 Å². The van der Waals surface area contributed by atoms with Gasteiger partial charge in [0.05, 0.1) is 19.8 Å². The lowest BCUT2D eigenvalue weighted by Gasteiger charge is -2.29. The Labute approximate surface area is 247 Å². The summed E-state index contributed by atoms with van der Waals surface area (Å²) in [6.07, 6.45) is 4.86. The van der Waals surface area contributed by atoms with E-state index < -0.39 is 11.9 Å². The first-order valence-corrected chi connectivity index (χ1v) is 15.2. The van der Waals surface area contributed by atoms with Crippen LogP contribution in [0.4, 0.5) is 0 Å². The number of para-hydroxylation sites is 1. The lowest BCUT2D eigenvalue weighted by atomic mass is 10.0. The second-order valence-corrected chi connectivity index (χ2v) is 11.1.